The number of nitrogens with zero attached hydrogens (tertiary/aromatic N) is 1. The summed E-state index contributed by atoms with van der Waals surface area (Å²) in [6.45, 7) is 8.08. The van der Waals surface area contributed by atoms with Gasteiger partial charge in [-0.2, -0.15) is 0 Å². The highest BCUT2D eigenvalue weighted by molar-refractivity contribution is 5.65. The molecular weight excluding hydrogens is 342 g/mol. The maximum atomic E-state index is 11.5. The summed E-state index contributed by atoms with van der Waals surface area (Å²) >= 11 is 0. The van der Waals surface area contributed by atoms with E-state index in [0.717, 1.165) is 44.2 Å². The molecule has 5 fully saturated rings. The zero-order valence-corrected chi connectivity index (χ0v) is 16.3. The van der Waals surface area contributed by atoms with E-state index in [1.165, 1.54) is 0 Å². The average Bonchev–Trinajstić information content (AvgIpc) is 2.60. The molecule has 6 aliphatic rings. The number of aliphatic hydroxyl groups excluding tert-OH is 4. The first kappa shape index (κ1) is 18.3. The van der Waals surface area contributed by atoms with Gasteiger partial charge < -0.3 is 20.4 Å². The van der Waals surface area contributed by atoms with Crippen molar-refractivity contribution in [1.29, 1.82) is 0 Å². The van der Waals surface area contributed by atoms with Crippen LogP contribution in [0.2, 0.25) is 0 Å². The molecule has 5 aliphatic carbocycles. The number of β-amino-alcohol motifs (C(OH)–C–C–N with tert-alkyl or cyclic N) is 1. The summed E-state index contributed by atoms with van der Waals surface area (Å²) in [5.41, 5.74) is -0.0955. The van der Waals surface area contributed by atoms with Gasteiger partial charge in [-0.05, 0) is 43.6 Å². The molecule has 9 atom stereocenters. The molecule has 4 N–H and O–H groups in total. The van der Waals surface area contributed by atoms with Crippen LogP contribution >= 0.6 is 0 Å². The van der Waals surface area contributed by atoms with Crippen molar-refractivity contribution in [2.75, 3.05) is 19.7 Å². The quantitative estimate of drug-likeness (QED) is 0.427. The van der Waals surface area contributed by atoms with Gasteiger partial charge in [0.1, 0.15) is 19.4 Å². The Bertz CT molecular complexity index is 706. The summed E-state index contributed by atoms with van der Waals surface area (Å²) in [6, 6.07) is 0. The fourth-order valence-electron chi connectivity index (χ4n) is 8.58. The van der Waals surface area contributed by atoms with Crippen molar-refractivity contribution in [2.24, 2.45) is 34.0 Å². The summed E-state index contributed by atoms with van der Waals surface area (Å²) in [5, 5.41) is 43.6. The number of rotatable bonds is 2. The minimum Gasteiger partial charge on any atom is -0.392 e. The van der Waals surface area contributed by atoms with Gasteiger partial charge in [0.15, 0.2) is 6.54 Å². The SMILES string of the molecule is C=C1[C@H]2CC[C@@]3([C@H](O)C[C@@H]4[C@@]5(C)CCC[C@@]4(C=[N+](CCO)C5)[C@@H]3[C@H]2O)[C@@H]1O. The fraction of sp³-hybridized carbons (Fsp3) is 0.864. The Hall–Kier alpha value is -0.750. The van der Waals surface area contributed by atoms with E-state index in [1.54, 1.807) is 0 Å². The van der Waals surface area contributed by atoms with Crippen LogP contribution in [0.4, 0.5) is 0 Å². The Balaban J connectivity index is 1.72. The van der Waals surface area contributed by atoms with Crippen molar-refractivity contribution in [1.82, 2.24) is 0 Å². The summed E-state index contributed by atoms with van der Waals surface area (Å²) in [4.78, 5) is 0. The molecule has 0 saturated heterocycles. The van der Waals surface area contributed by atoms with Crippen LogP contribution in [0.3, 0.4) is 0 Å². The van der Waals surface area contributed by atoms with E-state index in [-0.39, 0.29) is 29.3 Å². The normalized spacial score (nSPS) is 56.3. The third kappa shape index (κ3) is 2.02. The van der Waals surface area contributed by atoms with Crippen molar-refractivity contribution in [3.63, 3.8) is 0 Å². The predicted octanol–water partition coefficient (Wildman–Crippen LogP) is 0.937. The van der Waals surface area contributed by atoms with Crippen molar-refractivity contribution < 1.29 is 25.0 Å². The lowest BCUT2D eigenvalue weighted by Gasteiger charge is -2.71. The molecule has 0 aromatic carbocycles. The summed E-state index contributed by atoms with van der Waals surface area (Å²) in [5.74, 6) is 0.106. The van der Waals surface area contributed by atoms with Crippen LogP contribution in [0.1, 0.15) is 45.4 Å². The molecule has 0 aromatic heterocycles. The lowest BCUT2D eigenvalue weighted by atomic mass is 9.34. The Morgan fingerprint density at radius 3 is 2.74 bits per heavy atom. The number of hydrogen-bond acceptors (Lipinski definition) is 4. The summed E-state index contributed by atoms with van der Waals surface area (Å²) < 4.78 is 2.26. The Morgan fingerprint density at radius 1 is 1.22 bits per heavy atom. The molecule has 1 heterocycles. The molecule has 150 valence electrons. The predicted molar refractivity (Wildman–Crippen MR) is 101 cm³/mol. The molecule has 5 nitrogen and oxygen atoms in total. The van der Waals surface area contributed by atoms with E-state index in [2.05, 4.69) is 24.3 Å². The molecule has 27 heavy (non-hydrogen) atoms. The molecule has 0 unspecified atom stereocenters. The Kier molecular flexibility index (Phi) is 3.83. The second-order valence-electron chi connectivity index (χ2n) is 10.5. The van der Waals surface area contributed by atoms with Gasteiger partial charge in [-0.15, -0.1) is 0 Å². The van der Waals surface area contributed by atoms with Crippen molar-refractivity contribution in [2.45, 2.75) is 63.8 Å². The van der Waals surface area contributed by atoms with E-state index in [0.29, 0.717) is 18.9 Å². The van der Waals surface area contributed by atoms with Crippen molar-refractivity contribution >= 4 is 6.21 Å². The largest absolute Gasteiger partial charge is 0.392 e. The molecular formula is C22H34NO4+. The van der Waals surface area contributed by atoms with Crippen LogP contribution in [0, 0.1) is 34.0 Å². The molecule has 4 bridgehead atoms. The van der Waals surface area contributed by atoms with Gasteiger partial charge in [0.2, 0.25) is 0 Å². The minimum atomic E-state index is -0.732. The van der Waals surface area contributed by atoms with Gasteiger partial charge in [-0.25, -0.2) is 4.58 Å². The summed E-state index contributed by atoms with van der Waals surface area (Å²) in [6.07, 6.45) is 5.93. The van der Waals surface area contributed by atoms with Crippen LogP contribution in [0.5, 0.6) is 0 Å². The second-order valence-corrected chi connectivity index (χ2v) is 10.5. The van der Waals surface area contributed by atoms with Crippen LogP contribution < -0.4 is 0 Å². The van der Waals surface area contributed by atoms with Gasteiger partial charge >= 0.3 is 0 Å². The maximum absolute atomic E-state index is 11.5. The Morgan fingerprint density at radius 2 is 2.00 bits per heavy atom. The van der Waals surface area contributed by atoms with Crippen LogP contribution in [0.15, 0.2) is 12.2 Å². The molecule has 5 heteroatoms. The third-order valence-electron chi connectivity index (χ3n) is 9.44. The highest BCUT2D eigenvalue weighted by atomic mass is 16.3. The molecule has 0 radical (unpaired) electrons. The molecule has 5 saturated carbocycles. The van der Waals surface area contributed by atoms with E-state index < -0.39 is 23.7 Å². The second kappa shape index (κ2) is 5.65. The van der Waals surface area contributed by atoms with Crippen LogP contribution in [-0.4, -0.2) is 69.2 Å². The maximum Gasteiger partial charge on any atom is 0.165 e. The van der Waals surface area contributed by atoms with Gasteiger partial charge in [0.25, 0.3) is 0 Å². The number of fused-ring (bicyclic) bond motifs is 2. The molecule has 0 amide bonds. The highest BCUT2D eigenvalue weighted by Gasteiger charge is 2.75. The summed E-state index contributed by atoms with van der Waals surface area (Å²) in [7, 11) is 0. The topological polar surface area (TPSA) is 83.9 Å². The van der Waals surface area contributed by atoms with E-state index in [9.17, 15) is 20.4 Å². The van der Waals surface area contributed by atoms with Gasteiger partial charge in [-0.3, -0.25) is 0 Å². The zero-order chi connectivity index (χ0) is 19.2. The molecule has 0 aromatic rings. The van der Waals surface area contributed by atoms with Gasteiger partial charge in [0.05, 0.1) is 23.7 Å². The average molecular weight is 377 g/mol. The smallest absolute Gasteiger partial charge is 0.165 e. The van der Waals surface area contributed by atoms with Crippen molar-refractivity contribution in [3.05, 3.63) is 12.2 Å². The minimum absolute atomic E-state index is 0.0676. The standard InChI is InChI=1S/C22H34NO4/c1-13-14-4-7-22(19(13)27)16(25)10-15-20(2)5-3-6-21(15,18(22)17(14)26)12-23(11-20)8-9-24/h12,14-19,24-27H,1,3-11H2,2H3/q+1/t14-,15-,16-,17+,18+,19-,20+,21+,22+/m1/s1. The third-order valence-corrected chi connectivity index (χ3v) is 9.44. The van der Waals surface area contributed by atoms with Gasteiger partial charge in [0, 0.05) is 22.7 Å². The zero-order valence-electron chi connectivity index (χ0n) is 16.3. The first-order chi connectivity index (χ1) is 12.8. The lowest BCUT2D eigenvalue weighted by Crippen LogP contribution is -2.76. The molecule has 1 spiro atoms. The molecule has 1 aliphatic heterocycles. The first-order valence-electron chi connectivity index (χ1n) is 10.7. The van der Waals surface area contributed by atoms with E-state index in [1.807, 2.05) is 0 Å². The van der Waals surface area contributed by atoms with E-state index in [4.69, 9.17) is 0 Å². The first-order valence-corrected chi connectivity index (χ1v) is 10.7. The highest BCUT2D eigenvalue weighted by Crippen LogP contribution is 2.72. The van der Waals surface area contributed by atoms with Crippen molar-refractivity contribution in [3.8, 4) is 0 Å². The van der Waals surface area contributed by atoms with E-state index >= 15 is 0 Å². The number of aliphatic hydroxyl groups is 4. The lowest BCUT2D eigenvalue weighted by molar-refractivity contribution is -0.561. The Labute approximate surface area is 161 Å². The number of hydrogen-bond donors (Lipinski definition) is 4. The molecule has 6 rings (SSSR count). The monoisotopic (exact) mass is 376 g/mol. The van der Waals surface area contributed by atoms with Crippen LogP contribution in [0.25, 0.3) is 0 Å². The van der Waals surface area contributed by atoms with Crippen LogP contribution in [-0.2, 0) is 0 Å². The fourth-order valence-corrected chi connectivity index (χ4v) is 8.58. The van der Waals surface area contributed by atoms with Gasteiger partial charge in [-0.1, -0.05) is 19.9 Å².